The summed E-state index contributed by atoms with van der Waals surface area (Å²) in [6.45, 7) is 4.61. The van der Waals surface area contributed by atoms with Crippen molar-refractivity contribution in [1.82, 2.24) is 15.0 Å². The largest absolute Gasteiger partial charge is 0.208 e. The first-order valence-electron chi connectivity index (χ1n) is 16.7. The number of benzene rings is 7. The molecule has 7 aromatic carbocycles. The summed E-state index contributed by atoms with van der Waals surface area (Å²) >= 11 is 0. The van der Waals surface area contributed by atoms with Gasteiger partial charge in [0.25, 0.3) is 0 Å². The molecule has 3 heteroatoms. The average molecular weight is 640 g/mol. The summed E-state index contributed by atoms with van der Waals surface area (Å²) in [5.41, 5.74) is 12.4. The maximum Gasteiger partial charge on any atom is 0.164 e. The van der Waals surface area contributed by atoms with E-state index in [0.29, 0.717) is 17.5 Å². The number of aromatic nitrogens is 3. The Morgan fingerprint density at radius 2 is 0.620 bits per heavy atom. The third-order valence-corrected chi connectivity index (χ3v) is 8.86. The lowest BCUT2D eigenvalue weighted by atomic mass is 9.93. The van der Waals surface area contributed by atoms with E-state index in [1.807, 2.05) is 24.3 Å². The molecule has 0 atom stereocenters. The SMILES string of the molecule is C=C(c1cc(-c2ccccc2)cc(-c2ccccc2)c1)c1nc(-c2cccc(-c3ccccc3)c2)nc(-c2cccc(-c3ccccc3)c2)n1. The summed E-state index contributed by atoms with van der Waals surface area (Å²) in [5.74, 6) is 1.72. The van der Waals surface area contributed by atoms with Gasteiger partial charge in [0.05, 0.1) is 0 Å². The van der Waals surface area contributed by atoms with Gasteiger partial charge in [0, 0.05) is 16.7 Å². The minimum Gasteiger partial charge on any atom is -0.208 e. The Kier molecular flexibility index (Phi) is 8.45. The number of nitrogens with zero attached hydrogens (tertiary/aromatic N) is 3. The lowest BCUT2D eigenvalue weighted by molar-refractivity contribution is 1.04. The molecule has 0 unspecified atom stereocenters. The van der Waals surface area contributed by atoms with Crippen molar-refractivity contribution in [3.05, 3.63) is 206 Å². The molecular weight excluding hydrogens is 607 g/mol. The second-order valence-electron chi connectivity index (χ2n) is 12.2. The number of hydrogen-bond donors (Lipinski definition) is 0. The van der Waals surface area contributed by atoms with Crippen molar-refractivity contribution >= 4 is 5.57 Å². The van der Waals surface area contributed by atoms with Crippen LogP contribution in [0.1, 0.15) is 11.4 Å². The van der Waals surface area contributed by atoms with Gasteiger partial charge in [0.15, 0.2) is 17.5 Å². The zero-order chi connectivity index (χ0) is 33.7. The molecule has 1 aromatic heterocycles. The molecule has 236 valence electrons. The lowest BCUT2D eigenvalue weighted by Crippen LogP contribution is -2.04. The van der Waals surface area contributed by atoms with Crippen molar-refractivity contribution in [2.45, 2.75) is 0 Å². The summed E-state index contributed by atoms with van der Waals surface area (Å²) in [7, 11) is 0. The lowest BCUT2D eigenvalue weighted by Gasteiger charge is -2.14. The monoisotopic (exact) mass is 639 g/mol. The zero-order valence-electron chi connectivity index (χ0n) is 27.4. The van der Waals surface area contributed by atoms with Crippen molar-refractivity contribution in [1.29, 1.82) is 0 Å². The van der Waals surface area contributed by atoms with E-state index in [-0.39, 0.29) is 0 Å². The molecule has 0 aliphatic carbocycles. The van der Waals surface area contributed by atoms with Gasteiger partial charge in [-0.2, -0.15) is 0 Å². The standard InChI is InChI=1S/C47H33N3/c1-33(42-30-43(36-20-10-4-11-21-36)32-44(31-42)37-22-12-5-13-23-37)45-48-46(40-26-14-24-38(28-40)34-16-6-2-7-17-34)50-47(49-45)41-27-15-25-39(29-41)35-18-8-3-9-19-35/h2-32H,1H2. The van der Waals surface area contributed by atoms with Gasteiger partial charge < -0.3 is 0 Å². The summed E-state index contributed by atoms with van der Waals surface area (Å²) in [4.78, 5) is 15.3. The van der Waals surface area contributed by atoms with E-state index in [1.165, 1.54) is 0 Å². The van der Waals surface area contributed by atoms with Crippen LogP contribution in [0.4, 0.5) is 0 Å². The van der Waals surface area contributed by atoms with Crippen LogP contribution in [0, 0.1) is 0 Å². The van der Waals surface area contributed by atoms with Crippen LogP contribution >= 0.6 is 0 Å². The fraction of sp³-hybridized carbons (Fsp3) is 0. The van der Waals surface area contributed by atoms with Crippen molar-refractivity contribution in [3.63, 3.8) is 0 Å². The van der Waals surface area contributed by atoms with E-state index in [9.17, 15) is 0 Å². The number of hydrogen-bond acceptors (Lipinski definition) is 3. The normalized spacial score (nSPS) is 10.9. The highest BCUT2D eigenvalue weighted by Crippen LogP contribution is 2.34. The third kappa shape index (κ3) is 6.53. The Labute approximate surface area is 293 Å². The summed E-state index contributed by atoms with van der Waals surface area (Å²) in [6.07, 6.45) is 0. The van der Waals surface area contributed by atoms with E-state index in [0.717, 1.165) is 66.8 Å². The first-order chi connectivity index (χ1) is 24.7. The summed E-state index contributed by atoms with van der Waals surface area (Å²) in [6, 6.07) is 65.0. The maximum atomic E-state index is 5.10. The molecule has 0 amide bonds. The van der Waals surface area contributed by atoms with Crippen LogP contribution in [0.2, 0.25) is 0 Å². The van der Waals surface area contributed by atoms with Crippen LogP contribution < -0.4 is 0 Å². The van der Waals surface area contributed by atoms with Crippen LogP contribution in [0.15, 0.2) is 195 Å². The summed E-state index contributed by atoms with van der Waals surface area (Å²) in [5, 5.41) is 0. The molecule has 8 aromatic rings. The van der Waals surface area contributed by atoms with Gasteiger partial charge in [-0.3, -0.25) is 0 Å². The predicted octanol–water partition coefficient (Wildman–Crippen LogP) is 11.9. The van der Waals surface area contributed by atoms with Crippen LogP contribution in [0.25, 0.3) is 72.9 Å². The van der Waals surface area contributed by atoms with Crippen LogP contribution in [0.3, 0.4) is 0 Å². The molecule has 8 rings (SSSR count). The van der Waals surface area contributed by atoms with E-state index >= 15 is 0 Å². The molecule has 0 aliphatic heterocycles. The van der Waals surface area contributed by atoms with Gasteiger partial charge in [0.1, 0.15) is 0 Å². The van der Waals surface area contributed by atoms with Gasteiger partial charge in [0.2, 0.25) is 0 Å². The average Bonchev–Trinajstić information content (AvgIpc) is 3.21. The van der Waals surface area contributed by atoms with Crippen molar-refractivity contribution in [2.75, 3.05) is 0 Å². The van der Waals surface area contributed by atoms with Gasteiger partial charge >= 0.3 is 0 Å². The van der Waals surface area contributed by atoms with E-state index in [4.69, 9.17) is 15.0 Å². The van der Waals surface area contributed by atoms with Gasteiger partial charge in [-0.25, -0.2) is 15.0 Å². The topological polar surface area (TPSA) is 38.7 Å². The molecule has 0 aliphatic rings. The Morgan fingerprint density at radius 1 is 0.300 bits per heavy atom. The number of rotatable bonds is 8. The van der Waals surface area contributed by atoms with Crippen molar-refractivity contribution in [3.8, 4) is 67.3 Å². The maximum absolute atomic E-state index is 5.10. The Balaban J connectivity index is 1.29. The van der Waals surface area contributed by atoms with Crippen LogP contribution in [-0.4, -0.2) is 15.0 Å². The molecule has 0 N–H and O–H groups in total. The highest BCUT2D eigenvalue weighted by atomic mass is 15.0. The van der Waals surface area contributed by atoms with E-state index < -0.39 is 0 Å². The Hall–Kier alpha value is -6.71. The quantitative estimate of drug-likeness (QED) is 0.166. The fourth-order valence-electron chi connectivity index (χ4n) is 6.23. The molecule has 0 saturated heterocycles. The third-order valence-electron chi connectivity index (χ3n) is 8.86. The van der Waals surface area contributed by atoms with Crippen LogP contribution in [-0.2, 0) is 0 Å². The molecule has 50 heavy (non-hydrogen) atoms. The molecular formula is C47H33N3. The molecule has 0 fully saturated rings. The fourth-order valence-corrected chi connectivity index (χ4v) is 6.23. The first kappa shape index (κ1) is 30.6. The molecule has 1 heterocycles. The predicted molar refractivity (Wildman–Crippen MR) is 207 cm³/mol. The van der Waals surface area contributed by atoms with Crippen molar-refractivity contribution in [2.24, 2.45) is 0 Å². The highest BCUT2D eigenvalue weighted by molar-refractivity contribution is 5.84. The Bertz CT molecular complexity index is 2260. The Morgan fingerprint density at radius 3 is 1.02 bits per heavy atom. The minimum absolute atomic E-state index is 0.532. The molecule has 0 spiro atoms. The highest BCUT2D eigenvalue weighted by Gasteiger charge is 2.17. The van der Waals surface area contributed by atoms with Gasteiger partial charge in [-0.15, -0.1) is 0 Å². The van der Waals surface area contributed by atoms with Gasteiger partial charge in [-0.1, -0.05) is 164 Å². The van der Waals surface area contributed by atoms with Gasteiger partial charge in [-0.05, 0) is 80.4 Å². The first-order valence-corrected chi connectivity index (χ1v) is 16.7. The molecule has 3 nitrogen and oxygen atoms in total. The van der Waals surface area contributed by atoms with E-state index in [2.05, 4.69) is 170 Å². The van der Waals surface area contributed by atoms with Crippen molar-refractivity contribution < 1.29 is 0 Å². The van der Waals surface area contributed by atoms with Crippen LogP contribution in [0.5, 0.6) is 0 Å². The van der Waals surface area contributed by atoms with E-state index in [1.54, 1.807) is 0 Å². The molecule has 0 saturated carbocycles. The molecule has 0 radical (unpaired) electrons. The molecule has 0 bridgehead atoms. The smallest absolute Gasteiger partial charge is 0.164 e. The summed E-state index contributed by atoms with van der Waals surface area (Å²) < 4.78 is 0. The second-order valence-corrected chi connectivity index (χ2v) is 12.2. The second kappa shape index (κ2) is 13.8. The zero-order valence-corrected chi connectivity index (χ0v) is 27.4. The minimum atomic E-state index is 0.532.